The second kappa shape index (κ2) is 5.76. The summed E-state index contributed by atoms with van der Waals surface area (Å²) in [4.78, 5) is 13.1. The van der Waals surface area contributed by atoms with Crippen molar-refractivity contribution in [1.29, 1.82) is 0 Å². The normalized spacial score (nSPS) is 12.2. The van der Waals surface area contributed by atoms with Crippen LogP contribution in [0.3, 0.4) is 0 Å². The monoisotopic (exact) mass is 279 g/mol. The summed E-state index contributed by atoms with van der Waals surface area (Å²) >= 11 is 0.704. The summed E-state index contributed by atoms with van der Waals surface area (Å²) in [5.41, 5.74) is 0.379. The molecule has 0 saturated carbocycles. The van der Waals surface area contributed by atoms with Crippen molar-refractivity contribution in [2.75, 3.05) is 13.1 Å². The first kappa shape index (κ1) is 14.4. The van der Waals surface area contributed by atoms with Crippen molar-refractivity contribution in [3.8, 4) is 0 Å². The molecule has 0 bridgehead atoms. The van der Waals surface area contributed by atoms with Crippen LogP contribution < -0.4 is 14.9 Å². The summed E-state index contributed by atoms with van der Waals surface area (Å²) in [7, 11) is -3.57. The first-order valence-electron chi connectivity index (χ1n) is 5.25. The average molecular weight is 279 g/mol. The van der Waals surface area contributed by atoms with Gasteiger partial charge in [-0.15, -0.1) is 0 Å². The number of sulfonamides is 1. The van der Waals surface area contributed by atoms with Crippen LogP contribution in [0.25, 0.3) is 0 Å². The molecule has 17 heavy (non-hydrogen) atoms. The fraction of sp³-hybridized carbons (Fsp3) is 0.667. The summed E-state index contributed by atoms with van der Waals surface area (Å²) in [5, 5.41) is 3.10. The van der Waals surface area contributed by atoms with Crippen LogP contribution in [-0.4, -0.2) is 32.5 Å². The van der Waals surface area contributed by atoms with Gasteiger partial charge in [0.2, 0.25) is 0 Å². The molecule has 98 valence electrons. The van der Waals surface area contributed by atoms with Crippen molar-refractivity contribution < 1.29 is 8.42 Å². The van der Waals surface area contributed by atoms with Gasteiger partial charge in [-0.3, -0.25) is 4.79 Å². The van der Waals surface area contributed by atoms with E-state index in [0.717, 1.165) is 0 Å². The average Bonchev–Trinajstić information content (AvgIpc) is 2.53. The molecule has 0 aliphatic carbocycles. The van der Waals surface area contributed by atoms with Crippen molar-refractivity contribution in [3.05, 3.63) is 15.4 Å². The van der Waals surface area contributed by atoms with Gasteiger partial charge in [-0.1, -0.05) is 25.2 Å². The van der Waals surface area contributed by atoms with E-state index in [4.69, 9.17) is 0 Å². The van der Waals surface area contributed by atoms with Crippen molar-refractivity contribution in [2.45, 2.75) is 31.0 Å². The third-order valence-electron chi connectivity index (χ3n) is 1.99. The van der Waals surface area contributed by atoms with Gasteiger partial charge in [0.05, 0.1) is 0 Å². The smallest absolute Gasteiger partial charge is 0.305 e. The zero-order valence-corrected chi connectivity index (χ0v) is 11.7. The van der Waals surface area contributed by atoms with E-state index in [9.17, 15) is 13.2 Å². The van der Waals surface area contributed by atoms with Crippen molar-refractivity contribution in [2.24, 2.45) is 0 Å². The van der Waals surface area contributed by atoms with Gasteiger partial charge in [0.25, 0.3) is 10.0 Å². The molecule has 0 saturated heterocycles. The van der Waals surface area contributed by atoms with E-state index in [1.807, 2.05) is 13.8 Å². The molecule has 0 aliphatic rings. The zero-order valence-electron chi connectivity index (χ0n) is 10.0. The molecule has 0 spiro atoms. The standard InChI is InChI=1S/C9H17N3O3S2/c1-6(2)10-4-5-11-17(14,15)8-7(3)12-9(13)16-8/h6,10-11H,4-5H2,1-3H3,(H,12,13). The quantitative estimate of drug-likeness (QED) is 0.640. The summed E-state index contributed by atoms with van der Waals surface area (Å²) in [6, 6.07) is 0.310. The summed E-state index contributed by atoms with van der Waals surface area (Å²) in [5.74, 6) is 0. The van der Waals surface area contributed by atoms with Crippen molar-refractivity contribution in [3.63, 3.8) is 0 Å². The lowest BCUT2D eigenvalue weighted by Gasteiger charge is -2.08. The second-order valence-corrected chi connectivity index (χ2v) is 6.88. The minimum absolute atomic E-state index is 0.0621. The first-order chi connectivity index (χ1) is 7.83. The highest BCUT2D eigenvalue weighted by Crippen LogP contribution is 2.14. The Morgan fingerprint density at radius 2 is 2.00 bits per heavy atom. The van der Waals surface area contributed by atoms with Crippen LogP contribution >= 0.6 is 11.3 Å². The SMILES string of the molecule is Cc1[nH]c(=O)sc1S(=O)(=O)NCCNC(C)C. The minimum Gasteiger partial charge on any atom is -0.315 e. The van der Waals surface area contributed by atoms with Crippen LogP contribution in [0, 0.1) is 6.92 Å². The zero-order chi connectivity index (χ0) is 13.1. The third kappa shape index (κ3) is 4.23. The molecule has 0 atom stereocenters. The van der Waals surface area contributed by atoms with Crippen LogP contribution in [0.15, 0.2) is 9.00 Å². The summed E-state index contributed by atoms with van der Waals surface area (Å²) in [6.07, 6.45) is 0. The van der Waals surface area contributed by atoms with E-state index < -0.39 is 10.0 Å². The van der Waals surface area contributed by atoms with Gasteiger partial charge >= 0.3 is 4.87 Å². The van der Waals surface area contributed by atoms with Gasteiger partial charge in [-0.2, -0.15) is 0 Å². The fourth-order valence-electron chi connectivity index (χ4n) is 1.26. The summed E-state index contributed by atoms with van der Waals surface area (Å²) < 4.78 is 26.2. The lowest BCUT2D eigenvalue weighted by atomic mass is 10.4. The van der Waals surface area contributed by atoms with E-state index >= 15 is 0 Å². The number of rotatable bonds is 6. The number of aromatic nitrogens is 1. The van der Waals surface area contributed by atoms with Gasteiger partial charge < -0.3 is 10.3 Å². The Balaban J connectivity index is 2.64. The Hall–Kier alpha value is -0.700. The number of H-pyrrole nitrogens is 1. The molecule has 8 heteroatoms. The molecule has 0 aliphatic heterocycles. The topological polar surface area (TPSA) is 91.1 Å². The molecule has 1 aromatic heterocycles. The molecule has 0 unspecified atom stereocenters. The van der Waals surface area contributed by atoms with Gasteiger partial charge in [-0.05, 0) is 6.92 Å². The predicted molar refractivity (Wildman–Crippen MR) is 68.0 cm³/mol. The number of thiazole rings is 1. The van der Waals surface area contributed by atoms with E-state index in [1.54, 1.807) is 6.92 Å². The Bertz CT molecular complexity index is 516. The van der Waals surface area contributed by atoms with Crippen LogP contribution in [0.1, 0.15) is 19.5 Å². The third-order valence-corrected chi connectivity index (χ3v) is 5.06. The Morgan fingerprint density at radius 1 is 1.35 bits per heavy atom. The van der Waals surface area contributed by atoms with Gasteiger partial charge in [-0.25, -0.2) is 13.1 Å². The molecular formula is C9H17N3O3S2. The largest absolute Gasteiger partial charge is 0.315 e. The van der Waals surface area contributed by atoms with Crippen molar-refractivity contribution >= 4 is 21.4 Å². The van der Waals surface area contributed by atoms with Crippen LogP contribution in [0.2, 0.25) is 0 Å². The van der Waals surface area contributed by atoms with E-state index in [0.29, 0.717) is 36.2 Å². The molecule has 1 aromatic rings. The van der Waals surface area contributed by atoms with Crippen LogP contribution in [-0.2, 0) is 10.0 Å². The number of hydrogen-bond donors (Lipinski definition) is 3. The van der Waals surface area contributed by atoms with Gasteiger partial charge in [0, 0.05) is 24.8 Å². The van der Waals surface area contributed by atoms with Crippen LogP contribution in [0.5, 0.6) is 0 Å². The predicted octanol–water partition coefficient (Wildman–Crippen LogP) is 0.0211. The maximum atomic E-state index is 11.8. The molecule has 3 N–H and O–H groups in total. The molecule has 0 fully saturated rings. The fourth-order valence-corrected chi connectivity index (χ4v) is 3.63. The Kier molecular flexibility index (Phi) is 4.87. The Labute approximate surface area is 105 Å². The summed E-state index contributed by atoms with van der Waals surface area (Å²) in [6.45, 7) is 6.38. The molecule has 0 amide bonds. The van der Waals surface area contributed by atoms with Gasteiger partial charge in [0.15, 0.2) is 4.21 Å². The maximum absolute atomic E-state index is 11.8. The molecule has 0 radical (unpaired) electrons. The molecule has 1 rings (SSSR count). The van der Waals surface area contributed by atoms with Gasteiger partial charge in [0.1, 0.15) is 0 Å². The highest BCUT2D eigenvalue weighted by molar-refractivity contribution is 7.91. The number of nitrogens with one attached hydrogen (secondary N) is 3. The minimum atomic E-state index is -3.57. The number of hydrogen-bond acceptors (Lipinski definition) is 5. The van der Waals surface area contributed by atoms with Crippen LogP contribution in [0.4, 0.5) is 0 Å². The molecular weight excluding hydrogens is 262 g/mol. The van der Waals surface area contributed by atoms with E-state index in [-0.39, 0.29) is 9.08 Å². The maximum Gasteiger partial charge on any atom is 0.305 e. The van der Waals surface area contributed by atoms with E-state index in [1.165, 1.54) is 0 Å². The molecule has 1 heterocycles. The molecule has 6 nitrogen and oxygen atoms in total. The van der Waals surface area contributed by atoms with Crippen molar-refractivity contribution in [1.82, 2.24) is 15.0 Å². The number of aryl methyl sites for hydroxylation is 1. The highest BCUT2D eigenvalue weighted by atomic mass is 32.2. The second-order valence-electron chi connectivity index (χ2n) is 3.93. The molecule has 0 aromatic carbocycles. The first-order valence-corrected chi connectivity index (χ1v) is 7.55. The Morgan fingerprint density at radius 3 is 2.47 bits per heavy atom. The van der Waals surface area contributed by atoms with E-state index in [2.05, 4.69) is 15.0 Å². The number of aromatic amines is 1. The lowest BCUT2D eigenvalue weighted by molar-refractivity contribution is 0.560. The lowest BCUT2D eigenvalue weighted by Crippen LogP contribution is -2.34. The highest BCUT2D eigenvalue weighted by Gasteiger charge is 2.19.